The van der Waals surface area contributed by atoms with Crippen LogP contribution in [-0.2, 0) is 14.4 Å². The second-order valence-corrected chi connectivity index (χ2v) is 4.90. The van der Waals surface area contributed by atoms with Gasteiger partial charge < -0.3 is 20.6 Å². The molecule has 1 unspecified atom stereocenters. The molecule has 1 heterocycles. The van der Waals surface area contributed by atoms with Gasteiger partial charge in [0, 0.05) is 11.8 Å². The molecule has 0 saturated heterocycles. The summed E-state index contributed by atoms with van der Waals surface area (Å²) >= 11 is 0. The highest BCUT2D eigenvalue weighted by Gasteiger charge is 2.39. The van der Waals surface area contributed by atoms with E-state index < -0.39 is 23.3 Å². The minimum atomic E-state index is -1.27. The molecule has 0 radical (unpaired) electrons. The molecule has 0 saturated carbocycles. The van der Waals surface area contributed by atoms with Gasteiger partial charge in [0.2, 0.25) is 0 Å². The van der Waals surface area contributed by atoms with Gasteiger partial charge in [0.15, 0.2) is 0 Å². The van der Waals surface area contributed by atoms with Crippen molar-refractivity contribution in [3.63, 3.8) is 0 Å². The van der Waals surface area contributed by atoms with Crippen molar-refractivity contribution in [2.75, 3.05) is 0 Å². The van der Waals surface area contributed by atoms with Crippen molar-refractivity contribution in [1.29, 1.82) is 0 Å². The molecular weight excluding hydrogens is 278 g/mol. The molecule has 7 heteroatoms. The van der Waals surface area contributed by atoms with E-state index in [1.807, 2.05) is 0 Å². The van der Waals surface area contributed by atoms with Crippen LogP contribution < -0.4 is 5.32 Å². The Labute approximate surface area is 122 Å². The van der Waals surface area contributed by atoms with Crippen LogP contribution in [0.2, 0.25) is 0 Å². The summed E-state index contributed by atoms with van der Waals surface area (Å²) < 4.78 is 0. The molecule has 0 bridgehead atoms. The Morgan fingerprint density at radius 2 is 1.76 bits per heavy atom. The van der Waals surface area contributed by atoms with E-state index >= 15 is 0 Å². The molecule has 4 N–H and O–H groups in total. The Balaban J connectivity index is 3.41. The molecule has 116 valence electrons. The standard InChI is InChI=1S/C14H19NO6/c1-3-8-11(13(20)21)15-9(12(18)19)7-14(8,4-2)6-5-10(16)17/h7,15H,3-6H2,1-2H3,(H,16,17)(H,18,19)(H,20,21). The van der Waals surface area contributed by atoms with Gasteiger partial charge in [-0.05, 0) is 30.9 Å². The van der Waals surface area contributed by atoms with Crippen LogP contribution in [0.15, 0.2) is 23.0 Å². The number of hydrogen-bond acceptors (Lipinski definition) is 4. The summed E-state index contributed by atoms with van der Waals surface area (Å²) in [6, 6.07) is 0. The lowest BCUT2D eigenvalue weighted by molar-refractivity contribution is -0.137. The van der Waals surface area contributed by atoms with Crippen molar-refractivity contribution in [1.82, 2.24) is 5.32 Å². The molecule has 0 aliphatic carbocycles. The molecule has 0 spiro atoms. The Morgan fingerprint density at radius 1 is 1.14 bits per heavy atom. The lowest BCUT2D eigenvalue weighted by Gasteiger charge is -2.37. The third kappa shape index (κ3) is 3.42. The Bertz CT molecular complexity index is 534. The van der Waals surface area contributed by atoms with E-state index in [0.29, 0.717) is 18.4 Å². The van der Waals surface area contributed by atoms with Gasteiger partial charge in [-0.2, -0.15) is 0 Å². The number of aliphatic carboxylic acids is 3. The highest BCUT2D eigenvalue weighted by molar-refractivity contribution is 5.94. The van der Waals surface area contributed by atoms with E-state index in [1.165, 1.54) is 6.08 Å². The van der Waals surface area contributed by atoms with Gasteiger partial charge in [0.25, 0.3) is 0 Å². The number of dihydropyridines is 1. The normalized spacial score (nSPS) is 21.5. The molecule has 1 rings (SSSR count). The van der Waals surface area contributed by atoms with Gasteiger partial charge in [-0.1, -0.05) is 13.8 Å². The molecule has 0 fully saturated rings. The molecule has 0 amide bonds. The van der Waals surface area contributed by atoms with Gasteiger partial charge in [0.05, 0.1) is 0 Å². The SMILES string of the molecule is CCC1=C(C(=O)O)NC(C(=O)O)=CC1(CC)CCC(=O)O. The monoisotopic (exact) mass is 297 g/mol. The van der Waals surface area contributed by atoms with Crippen LogP contribution in [0.3, 0.4) is 0 Å². The molecule has 0 aromatic heterocycles. The maximum atomic E-state index is 11.4. The summed E-state index contributed by atoms with van der Waals surface area (Å²) in [5.74, 6) is -3.51. The van der Waals surface area contributed by atoms with Crippen LogP contribution in [0, 0.1) is 5.41 Å². The highest BCUT2D eigenvalue weighted by atomic mass is 16.4. The van der Waals surface area contributed by atoms with E-state index in [0.717, 1.165) is 0 Å². The smallest absolute Gasteiger partial charge is 0.352 e. The quantitative estimate of drug-likeness (QED) is 0.562. The Kier molecular flexibility index (Phi) is 5.12. The van der Waals surface area contributed by atoms with Crippen molar-refractivity contribution < 1.29 is 29.7 Å². The maximum Gasteiger partial charge on any atom is 0.352 e. The van der Waals surface area contributed by atoms with E-state index in [2.05, 4.69) is 5.32 Å². The van der Waals surface area contributed by atoms with Crippen LogP contribution in [0.25, 0.3) is 0 Å². The highest BCUT2D eigenvalue weighted by Crippen LogP contribution is 2.44. The summed E-state index contributed by atoms with van der Waals surface area (Å²) in [6.07, 6.45) is 2.28. The van der Waals surface area contributed by atoms with Crippen LogP contribution in [0.1, 0.15) is 39.5 Å². The molecule has 21 heavy (non-hydrogen) atoms. The molecule has 7 nitrogen and oxygen atoms in total. The van der Waals surface area contributed by atoms with Gasteiger partial charge in [-0.15, -0.1) is 0 Å². The second-order valence-electron chi connectivity index (χ2n) is 4.90. The number of carboxylic acid groups (broad SMARTS) is 3. The fourth-order valence-electron chi connectivity index (χ4n) is 2.73. The summed E-state index contributed by atoms with van der Waals surface area (Å²) in [6.45, 7) is 3.56. The first-order valence-corrected chi connectivity index (χ1v) is 6.69. The Morgan fingerprint density at radius 3 is 2.14 bits per heavy atom. The minimum Gasteiger partial charge on any atom is -0.481 e. The first-order chi connectivity index (χ1) is 9.77. The van der Waals surface area contributed by atoms with Crippen molar-refractivity contribution >= 4 is 17.9 Å². The lowest BCUT2D eigenvalue weighted by atomic mass is 9.70. The fourth-order valence-corrected chi connectivity index (χ4v) is 2.73. The first-order valence-electron chi connectivity index (χ1n) is 6.69. The lowest BCUT2D eigenvalue weighted by Crippen LogP contribution is -2.37. The Hall–Kier alpha value is -2.31. The van der Waals surface area contributed by atoms with E-state index in [-0.39, 0.29) is 24.2 Å². The fraction of sp³-hybridized carbons (Fsp3) is 0.500. The van der Waals surface area contributed by atoms with Crippen LogP contribution in [0.4, 0.5) is 0 Å². The zero-order valence-corrected chi connectivity index (χ0v) is 12.0. The number of allylic oxidation sites excluding steroid dienone is 2. The van der Waals surface area contributed by atoms with Crippen LogP contribution in [-0.4, -0.2) is 33.2 Å². The van der Waals surface area contributed by atoms with Crippen molar-refractivity contribution in [3.05, 3.63) is 23.0 Å². The number of carboxylic acids is 3. The minimum absolute atomic E-state index is 0.159. The predicted octanol–water partition coefficient (Wildman–Crippen LogP) is 1.57. The average molecular weight is 297 g/mol. The van der Waals surface area contributed by atoms with E-state index in [1.54, 1.807) is 13.8 Å². The number of carbonyl (C=O) groups is 3. The predicted molar refractivity (Wildman–Crippen MR) is 73.4 cm³/mol. The molecule has 0 aromatic carbocycles. The zero-order valence-electron chi connectivity index (χ0n) is 12.0. The van der Waals surface area contributed by atoms with E-state index in [4.69, 9.17) is 10.2 Å². The van der Waals surface area contributed by atoms with Gasteiger partial charge in [-0.25, -0.2) is 9.59 Å². The number of hydrogen-bond donors (Lipinski definition) is 4. The molecule has 1 aliphatic heterocycles. The number of rotatable bonds is 7. The summed E-state index contributed by atoms with van der Waals surface area (Å²) in [5.41, 5.74) is -0.718. The summed E-state index contributed by atoms with van der Waals surface area (Å²) in [5, 5.41) is 29.7. The maximum absolute atomic E-state index is 11.4. The van der Waals surface area contributed by atoms with Gasteiger partial charge in [-0.3, -0.25) is 4.79 Å². The van der Waals surface area contributed by atoms with Gasteiger partial charge >= 0.3 is 17.9 Å². The number of nitrogens with one attached hydrogen (secondary N) is 1. The molecule has 1 atom stereocenters. The molecule has 1 aliphatic rings. The zero-order chi connectivity index (χ0) is 16.2. The summed E-state index contributed by atoms with van der Waals surface area (Å²) in [4.78, 5) is 33.4. The van der Waals surface area contributed by atoms with Crippen molar-refractivity contribution in [2.24, 2.45) is 5.41 Å². The third-order valence-electron chi connectivity index (χ3n) is 3.80. The van der Waals surface area contributed by atoms with Crippen molar-refractivity contribution in [3.8, 4) is 0 Å². The second kappa shape index (κ2) is 6.43. The first kappa shape index (κ1) is 16.7. The van der Waals surface area contributed by atoms with Crippen molar-refractivity contribution in [2.45, 2.75) is 39.5 Å². The largest absolute Gasteiger partial charge is 0.481 e. The summed E-state index contributed by atoms with van der Waals surface area (Å²) in [7, 11) is 0. The van der Waals surface area contributed by atoms with Gasteiger partial charge in [0.1, 0.15) is 11.4 Å². The van der Waals surface area contributed by atoms with Crippen LogP contribution >= 0.6 is 0 Å². The average Bonchev–Trinajstić information content (AvgIpc) is 2.43. The molecular formula is C14H19NO6. The van der Waals surface area contributed by atoms with Crippen LogP contribution in [0.5, 0.6) is 0 Å². The topological polar surface area (TPSA) is 124 Å². The molecule has 0 aromatic rings. The van der Waals surface area contributed by atoms with E-state index in [9.17, 15) is 19.5 Å². The third-order valence-corrected chi connectivity index (χ3v) is 3.80.